The number of hydrogen-bond donors (Lipinski definition) is 1. The van der Waals surface area contributed by atoms with Crippen molar-refractivity contribution in [2.75, 3.05) is 12.8 Å². The highest BCUT2D eigenvalue weighted by Gasteiger charge is 2.29. The van der Waals surface area contributed by atoms with E-state index >= 15 is 0 Å². The first-order valence-corrected chi connectivity index (χ1v) is 7.29. The largest absolute Gasteiger partial charge is 0.496 e. The molecule has 4 heteroatoms. The normalized spacial score (nSPS) is 11.7. The predicted octanol–water partition coefficient (Wildman–Crippen LogP) is 3.67. The van der Waals surface area contributed by atoms with E-state index in [2.05, 4.69) is 38.9 Å². The molecule has 21 heavy (non-hydrogen) atoms. The average molecular weight is 287 g/mol. The Morgan fingerprint density at radius 3 is 2.57 bits per heavy atom. The van der Waals surface area contributed by atoms with E-state index in [9.17, 15) is 0 Å². The summed E-state index contributed by atoms with van der Waals surface area (Å²) in [7, 11) is 3.57. The topological polar surface area (TPSA) is 53.1 Å². The maximum absolute atomic E-state index is 6.31. The van der Waals surface area contributed by atoms with Crippen molar-refractivity contribution in [3.8, 4) is 16.9 Å². The third-order valence-corrected chi connectivity index (χ3v) is 4.24. The van der Waals surface area contributed by atoms with Crippen molar-refractivity contribution in [1.82, 2.24) is 9.78 Å². The molecule has 4 nitrogen and oxygen atoms in total. The number of rotatable bonds is 4. The second-order valence-corrected chi connectivity index (χ2v) is 6.17. The molecule has 0 spiro atoms. The van der Waals surface area contributed by atoms with E-state index in [0.717, 1.165) is 29.0 Å². The Bertz CT molecular complexity index is 656. The van der Waals surface area contributed by atoms with Crippen LogP contribution in [0.4, 0.5) is 5.82 Å². The molecule has 0 amide bonds. The minimum absolute atomic E-state index is 0.0422. The zero-order valence-corrected chi connectivity index (χ0v) is 13.8. The number of hydrogen-bond acceptors (Lipinski definition) is 3. The van der Waals surface area contributed by atoms with Crippen molar-refractivity contribution < 1.29 is 4.74 Å². The van der Waals surface area contributed by atoms with Gasteiger partial charge in [0.05, 0.1) is 18.4 Å². The molecule has 1 aromatic carbocycles. The molecule has 0 radical (unpaired) electrons. The Morgan fingerprint density at radius 1 is 1.33 bits per heavy atom. The fraction of sp³-hybridized carbons (Fsp3) is 0.471. The molecule has 0 saturated heterocycles. The fourth-order valence-electron chi connectivity index (χ4n) is 2.46. The van der Waals surface area contributed by atoms with Crippen LogP contribution in [0.2, 0.25) is 0 Å². The van der Waals surface area contributed by atoms with Crippen LogP contribution in [0.25, 0.3) is 11.1 Å². The van der Waals surface area contributed by atoms with Gasteiger partial charge in [-0.2, -0.15) is 5.10 Å². The second-order valence-electron chi connectivity index (χ2n) is 6.17. The summed E-state index contributed by atoms with van der Waals surface area (Å²) in [4.78, 5) is 0. The van der Waals surface area contributed by atoms with Gasteiger partial charge in [0.25, 0.3) is 0 Å². The van der Waals surface area contributed by atoms with Crippen molar-refractivity contribution in [3.63, 3.8) is 0 Å². The van der Waals surface area contributed by atoms with Crippen molar-refractivity contribution >= 4 is 5.82 Å². The van der Waals surface area contributed by atoms with Crippen LogP contribution in [-0.4, -0.2) is 16.9 Å². The van der Waals surface area contributed by atoms with E-state index in [1.54, 1.807) is 11.8 Å². The highest BCUT2D eigenvalue weighted by molar-refractivity contribution is 5.82. The molecule has 0 aliphatic carbocycles. The number of nitrogen functional groups attached to an aromatic ring is 1. The molecule has 0 bridgehead atoms. The van der Waals surface area contributed by atoms with Crippen molar-refractivity contribution in [1.29, 1.82) is 0 Å². The van der Waals surface area contributed by atoms with Crippen LogP contribution in [0.1, 0.15) is 38.4 Å². The van der Waals surface area contributed by atoms with Crippen LogP contribution < -0.4 is 10.5 Å². The lowest BCUT2D eigenvalue weighted by molar-refractivity contribution is 0.416. The lowest BCUT2D eigenvalue weighted by Gasteiger charge is -2.22. The van der Waals surface area contributed by atoms with Crippen LogP contribution in [0.15, 0.2) is 18.2 Å². The summed E-state index contributed by atoms with van der Waals surface area (Å²) in [5.74, 6) is 1.50. The lowest BCUT2D eigenvalue weighted by Crippen LogP contribution is -2.17. The molecule has 2 rings (SSSR count). The summed E-state index contributed by atoms with van der Waals surface area (Å²) < 4.78 is 7.28. The number of aromatic nitrogens is 2. The Balaban J connectivity index is 2.78. The van der Waals surface area contributed by atoms with Crippen molar-refractivity contribution in [2.45, 2.75) is 39.5 Å². The summed E-state index contributed by atoms with van der Waals surface area (Å²) in [6, 6.07) is 6.14. The van der Waals surface area contributed by atoms with Gasteiger partial charge in [0.2, 0.25) is 0 Å². The number of aryl methyl sites for hydroxylation is 2. The van der Waals surface area contributed by atoms with Crippen LogP contribution >= 0.6 is 0 Å². The van der Waals surface area contributed by atoms with Crippen LogP contribution in [0.3, 0.4) is 0 Å². The van der Waals surface area contributed by atoms with Crippen molar-refractivity contribution in [2.24, 2.45) is 7.05 Å². The standard InChI is InChI=1S/C17H25N3O/c1-7-17(3,4)15-14(16(18)20(5)19-15)12-10-11(2)8-9-13(12)21-6/h8-10H,7,18H2,1-6H3. The Kier molecular flexibility index (Phi) is 3.99. The smallest absolute Gasteiger partial charge is 0.129 e. The molecular weight excluding hydrogens is 262 g/mol. The van der Waals surface area contributed by atoms with Gasteiger partial charge < -0.3 is 10.5 Å². The molecule has 2 aromatic rings. The monoisotopic (exact) mass is 287 g/mol. The summed E-state index contributed by atoms with van der Waals surface area (Å²) >= 11 is 0. The van der Waals surface area contributed by atoms with E-state index in [0.29, 0.717) is 5.82 Å². The molecule has 0 saturated carbocycles. The summed E-state index contributed by atoms with van der Waals surface area (Å²) in [5, 5.41) is 4.67. The fourth-order valence-corrected chi connectivity index (χ4v) is 2.46. The average Bonchev–Trinajstić information content (AvgIpc) is 2.75. The van der Waals surface area contributed by atoms with Crippen LogP contribution in [0, 0.1) is 6.92 Å². The molecule has 0 fully saturated rings. The minimum atomic E-state index is -0.0422. The highest BCUT2D eigenvalue weighted by Crippen LogP contribution is 2.42. The zero-order chi connectivity index (χ0) is 15.8. The van der Waals surface area contributed by atoms with Gasteiger partial charge in [0.1, 0.15) is 11.6 Å². The predicted molar refractivity (Wildman–Crippen MR) is 87.7 cm³/mol. The van der Waals surface area contributed by atoms with E-state index in [1.165, 1.54) is 5.56 Å². The lowest BCUT2D eigenvalue weighted by atomic mass is 9.82. The van der Waals surface area contributed by atoms with Gasteiger partial charge in [0, 0.05) is 18.0 Å². The van der Waals surface area contributed by atoms with Gasteiger partial charge in [-0.3, -0.25) is 4.68 Å². The molecular formula is C17H25N3O. The van der Waals surface area contributed by atoms with Crippen molar-refractivity contribution in [3.05, 3.63) is 29.5 Å². The van der Waals surface area contributed by atoms with E-state index in [4.69, 9.17) is 10.5 Å². The molecule has 2 N–H and O–H groups in total. The molecule has 1 heterocycles. The van der Waals surface area contributed by atoms with Gasteiger partial charge in [-0.1, -0.05) is 32.4 Å². The van der Waals surface area contributed by atoms with Gasteiger partial charge in [-0.05, 0) is 25.5 Å². The Labute approximate surface area is 126 Å². The maximum Gasteiger partial charge on any atom is 0.129 e. The van der Waals surface area contributed by atoms with Gasteiger partial charge in [-0.25, -0.2) is 0 Å². The molecule has 0 aliphatic rings. The molecule has 0 aliphatic heterocycles. The summed E-state index contributed by atoms with van der Waals surface area (Å²) in [6.07, 6.45) is 0.991. The summed E-state index contributed by atoms with van der Waals surface area (Å²) in [6.45, 7) is 8.63. The second kappa shape index (κ2) is 5.43. The number of ether oxygens (including phenoxy) is 1. The first kappa shape index (κ1) is 15.4. The zero-order valence-electron chi connectivity index (χ0n) is 13.8. The maximum atomic E-state index is 6.31. The van der Waals surface area contributed by atoms with Gasteiger partial charge in [-0.15, -0.1) is 0 Å². The first-order chi connectivity index (χ1) is 9.81. The third kappa shape index (κ3) is 2.62. The Hall–Kier alpha value is -1.97. The van der Waals surface area contributed by atoms with Gasteiger partial charge in [0.15, 0.2) is 0 Å². The SMILES string of the molecule is CCC(C)(C)c1nn(C)c(N)c1-c1cc(C)ccc1OC. The number of methoxy groups -OCH3 is 1. The summed E-state index contributed by atoms with van der Waals surface area (Å²) in [5.41, 5.74) is 10.5. The number of anilines is 1. The third-order valence-electron chi connectivity index (χ3n) is 4.24. The number of benzene rings is 1. The van der Waals surface area contributed by atoms with E-state index in [-0.39, 0.29) is 5.41 Å². The molecule has 1 aromatic heterocycles. The Morgan fingerprint density at radius 2 is 2.00 bits per heavy atom. The first-order valence-electron chi connectivity index (χ1n) is 7.29. The molecule has 0 unspecified atom stereocenters. The number of nitrogens with two attached hydrogens (primary N) is 1. The highest BCUT2D eigenvalue weighted by atomic mass is 16.5. The van der Waals surface area contributed by atoms with Crippen LogP contribution in [-0.2, 0) is 12.5 Å². The van der Waals surface area contributed by atoms with Crippen LogP contribution in [0.5, 0.6) is 5.75 Å². The number of nitrogens with zero attached hydrogens (tertiary/aromatic N) is 2. The van der Waals surface area contributed by atoms with E-state index < -0.39 is 0 Å². The quantitative estimate of drug-likeness (QED) is 0.933. The van der Waals surface area contributed by atoms with E-state index in [1.807, 2.05) is 19.2 Å². The molecule has 114 valence electrons. The minimum Gasteiger partial charge on any atom is -0.496 e. The molecule has 0 atom stereocenters. The van der Waals surface area contributed by atoms with Gasteiger partial charge >= 0.3 is 0 Å².